The Hall–Kier alpha value is -1.61. The molecule has 1 aliphatic carbocycles. The molecule has 0 amide bonds. The summed E-state index contributed by atoms with van der Waals surface area (Å²) in [5, 5.41) is 8.11. The molecule has 20 heavy (non-hydrogen) atoms. The first kappa shape index (κ1) is 13.4. The summed E-state index contributed by atoms with van der Waals surface area (Å²) in [5.74, 6) is 0.570. The molecule has 2 atom stereocenters. The summed E-state index contributed by atoms with van der Waals surface area (Å²) in [5.41, 5.74) is 4.35. The summed E-state index contributed by atoms with van der Waals surface area (Å²) in [7, 11) is 0. The molecule has 0 saturated carbocycles. The summed E-state index contributed by atoms with van der Waals surface area (Å²) in [6.45, 7) is 6.22. The van der Waals surface area contributed by atoms with Crippen LogP contribution in [0.1, 0.15) is 48.9 Å². The summed E-state index contributed by atoms with van der Waals surface area (Å²) in [6, 6.07) is 9.26. The van der Waals surface area contributed by atoms with Gasteiger partial charge in [0.2, 0.25) is 0 Å². The van der Waals surface area contributed by atoms with Crippen LogP contribution < -0.4 is 5.32 Å². The van der Waals surface area contributed by atoms with E-state index in [2.05, 4.69) is 54.7 Å². The number of aryl methyl sites for hydroxylation is 2. The summed E-state index contributed by atoms with van der Waals surface area (Å²) < 4.78 is 2.01. The summed E-state index contributed by atoms with van der Waals surface area (Å²) in [4.78, 5) is 0. The van der Waals surface area contributed by atoms with Crippen LogP contribution in [0.3, 0.4) is 0 Å². The molecule has 1 heterocycles. The van der Waals surface area contributed by atoms with Gasteiger partial charge in [-0.05, 0) is 37.4 Å². The number of nitrogens with zero attached hydrogens (tertiary/aromatic N) is 2. The second kappa shape index (κ2) is 5.80. The van der Waals surface area contributed by atoms with E-state index in [1.54, 1.807) is 0 Å². The monoisotopic (exact) mass is 269 g/mol. The van der Waals surface area contributed by atoms with Crippen LogP contribution in [0.5, 0.6) is 0 Å². The summed E-state index contributed by atoms with van der Waals surface area (Å²) >= 11 is 0. The molecule has 3 heteroatoms. The molecule has 1 aromatic carbocycles. The lowest BCUT2D eigenvalue weighted by atomic mass is 9.89. The van der Waals surface area contributed by atoms with E-state index in [0.717, 1.165) is 13.1 Å². The fourth-order valence-electron chi connectivity index (χ4n) is 3.36. The van der Waals surface area contributed by atoms with E-state index in [4.69, 9.17) is 0 Å². The van der Waals surface area contributed by atoms with Crippen LogP contribution >= 0.6 is 0 Å². The predicted molar refractivity (Wildman–Crippen MR) is 81.8 cm³/mol. The molecule has 2 unspecified atom stereocenters. The Morgan fingerprint density at radius 2 is 2.20 bits per heavy atom. The van der Waals surface area contributed by atoms with Crippen LogP contribution in [0.25, 0.3) is 0 Å². The number of hydrogen-bond donors (Lipinski definition) is 1. The maximum absolute atomic E-state index is 4.44. The van der Waals surface area contributed by atoms with Gasteiger partial charge in [0.05, 0.1) is 6.20 Å². The average molecular weight is 269 g/mol. The van der Waals surface area contributed by atoms with Crippen LogP contribution in [-0.4, -0.2) is 16.3 Å². The zero-order chi connectivity index (χ0) is 13.9. The van der Waals surface area contributed by atoms with Gasteiger partial charge in [-0.2, -0.15) is 5.10 Å². The van der Waals surface area contributed by atoms with Crippen molar-refractivity contribution >= 4 is 0 Å². The lowest BCUT2D eigenvalue weighted by Crippen LogP contribution is -2.25. The molecule has 3 rings (SSSR count). The second-order valence-electron chi connectivity index (χ2n) is 5.51. The van der Waals surface area contributed by atoms with Gasteiger partial charge in [0.15, 0.2) is 0 Å². The van der Waals surface area contributed by atoms with E-state index < -0.39 is 0 Å². The SMILES string of the molecule is CCNC(c1cnn(CC)c1)C1CCc2ccccc21. The molecule has 1 aliphatic rings. The number of hydrogen-bond acceptors (Lipinski definition) is 2. The minimum atomic E-state index is 0.379. The van der Waals surface area contributed by atoms with Gasteiger partial charge < -0.3 is 5.32 Å². The maximum atomic E-state index is 4.44. The van der Waals surface area contributed by atoms with Crippen LogP contribution in [0.15, 0.2) is 36.7 Å². The largest absolute Gasteiger partial charge is 0.310 e. The lowest BCUT2D eigenvalue weighted by Gasteiger charge is -2.24. The Morgan fingerprint density at radius 3 is 2.95 bits per heavy atom. The first-order valence-corrected chi connectivity index (χ1v) is 7.67. The molecule has 106 valence electrons. The zero-order valence-corrected chi connectivity index (χ0v) is 12.3. The van der Waals surface area contributed by atoms with Crippen LogP contribution in [0, 0.1) is 0 Å². The predicted octanol–water partition coefficient (Wildman–Crippen LogP) is 3.28. The number of rotatable bonds is 5. The molecule has 0 fully saturated rings. The highest BCUT2D eigenvalue weighted by molar-refractivity contribution is 5.37. The number of benzene rings is 1. The highest BCUT2D eigenvalue weighted by Crippen LogP contribution is 2.41. The second-order valence-corrected chi connectivity index (χ2v) is 5.51. The third-order valence-corrected chi connectivity index (χ3v) is 4.34. The van der Waals surface area contributed by atoms with Gasteiger partial charge in [-0.1, -0.05) is 31.2 Å². The van der Waals surface area contributed by atoms with E-state index in [0.29, 0.717) is 12.0 Å². The van der Waals surface area contributed by atoms with Gasteiger partial charge in [0.25, 0.3) is 0 Å². The van der Waals surface area contributed by atoms with Crippen molar-refractivity contribution in [1.82, 2.24) is 15.1 Å². The smallest absolute Gasteiger partial charge is 0.0537 e. The topological polar surface area (TPSA) is 29.9 Å². The van der Waals surface area contributed by atoms with Gasteiger partial charge in [-0.25, -0.2) is 0 Å². The first-order chi connectivity index (χ1) is 9.83. The molecule has 0 radical (unpaired) electrons. The number of likely N-dealkylation sites (N-methyl/N-ethyl adjacent to an activating group) is 1. The Labute approximate surface area is 121 Å². The quantitative estimate of drug-likeness (QED) is 0.902. The summed E-state index contributed by atoms with van der Waals surface area (Å²) in [6.07, 6.45) is 6.64. The van der Waals surface area contributed by atoms with E-state index in [1.165, 1.54) is 29.5 Å². The molecule has 0 aliphatic heterocycles. The molecule has 3 nitrogen and oxygen atoms in total. The zero-order valence-electron chi connectivity index (χ0n) is 12.3. The molecule has 0 spiro atoms. The standard InChI is InChI=1S/C17H23N3/c1-3-18-17(14-11-19-20(4-2)12-14)16-10-9-13-7-5-6-8-15(13)16/h5-8,11-12,16-18H,3-4,9-10H2,1-2H3. The normalized spacial score (nSPS) is 19.0. The van der Waals surface area contributed by atoms with E-state index >= 15 is 0 Å². The van der Waals surface area contributed by atoms with Crippen molar-refractivity contribution in [2.75, 3.05) is 6.54 Å². The Balaban J connectivity index is 1.92. The lowest BCUT2D eigenvalue weighted by molar-refractivity contribution is 0.452. The highest BCUT2D eigenvalue weighted by Gasteiger charge is 2.30. The molecular weight excluding hydrogens is 246 g/mol. The Morgan fingerprint density at radius 1 is 1.35 bits per heavy atom. The minimum Gasteiger partial charge on any atom is -0.310 e. The van der Waals surface area contributed by atoms with Crippen molar-refractivity contribution in [1.29, 1.82) is 0 Å². The van der Waals surface area contributed by atoms with E-state index in [9.17, 15) is 0 Å². The molecule has 0 bridgehead atoms. The molecular formula is C17H23N3. The number of fused-ring (bicyclic) bond motifs is 1. The minimum absolute atomic E-state index is 0.379. The van der Waals surface area contributed by atoms with Gasteiger partial charge in [0, 0.05) is 30.3 Å². The fraction of sp³-hybridized carbons (Fsp3) is 0.471. The average Bonchev–Trinajstić information content (AvgIpc) is 3.12. The third kappa shape index (κ3) is 2.38. The molecule has 1 N–H and O–H groups in total. The van der Waals surface area contributed by atoms with Crippen molar-refractivity contribution < 1.29 is 0 Å². The molecule has 1 aromatic heterocycles. The Kier molecular flexibility index (Phi) is 3.88. The van der Waals surface area contributed by atoms with Crippen molar-refractivity contribution in [2.45, 2.75) is 45.2 Å². The number of aromatic nitrogens is 2. The van der Waals surface area contributed by atoms with Gasteiger partial charge >= 0.3 is 0 Å². The van der Waals surface area contributed by atoms with Gasteiger partial charge in [-0.15, -0.1) is 0 Å². The molecule has 0 saturated heterocycles. The van der Waals surface area contributed by atoms with Crippen LogP contribution in [0.2, 0.25) is 0 Å². The molecule has 2 aromatic rings. The van der Waals surface area contributed by atoms with E-state index in [-0.39, 0.29) is 0 Å². The van der Waals surface area contributed by atoms with Gasteiger partial charge in [0.1, 0.15) is 0 Å². The van der Waals surface area contributed by atoms with Crippen molar-refractivity contribution in [3.63, 3.8) is 0 Å². The maximum Gasteiger partial charge on any atom is 0.0537 e. The Bertz CT molecular complexity index is 573. The fourth-order valence-corrected chi connectivity index (χ4v) is 3.36. The van der Waals surface area contributed by atoms with Crippen LogP contribution in [0.4, 0.5) is 0 Å². The highest BCUT2D eigenvalue weighted by atomic mass is 15.3. The van der Waals surface area contributed by atoms with Crippen molar-refractivity contribution in [2.24, 2.45) is 0 Å². The van der Waals surface area contributed by atoms with Crippen molar-refractivity contribution in [3.8, 4) is 0 Å². The van der Waals surface area contributed by atoms with E-state index in [1.807, 2.05) is 10.9 Å². The van der Waals surface area contributed by atoms with Crippen LogP contribution in [-0.2, 0) is 13.0 Å². The third-order valence-electron chi connectivity index (χ3n) is 4.34. The van der Waals surface area contributed by atoms with Gasteiger partial charge in [-0.3, -0.25) is 4.68 Å². The number of nitrogens with one attached hydrogen (secondary N) is 1. The first-order valence-electron chi connectivity index (χ1n) is 7.67. The van der Waals surface area contributed by atoms with Crippen molar-refractivity contribution in [3.05, 3.63) is 53.3 Å².